The third kappa shape index (κ3) is 5.68. The summed E-state index contributed by atoms with van der Waals surface area (Å²) in [5, 5.41) is 2.86. The van der Waals surface area contributed by atoms with Gasteiger partial charge in [-0.3, -0.25) is 4.79 Å². The Bertz CT molecular complexity index is 1150. The van der Waals surface area contributed by atoms with Crippen LogP contribution in [0.1, 0.15) is 34.5 Å². The van der Waals surface area contributed by atoms with Crippen LogP contribution in [0.15, 0.2) is 77.7 Å². The number of nitrogens with one attached hydrogen (secondary N) is 2. The van der Waals surface area contributed by atoms with Crippen molar-refractivity contribution in [1.82, 2.24) is 10.0 Å². The lowest BCUT2D eigenvalue weighted by Crippen LogP contribution is -2.26. The summed E-state index contributed by atoms with van der Waals surface area (Å²) in [6.07, 6.45) is 0. The molecule has 0 bridgehead atoms. The van der Waals surface area contributed by atoms with E-state index in [9.17, 15) is 17.6 Å². The highest BCUT2D eigenvalue weighted by Crippen LogP contribution is 2.22. The van der Waals surface area contributed by atoms with Crippen molar-refractivity contribution in [3.8, 4) is 5.75 Å². The molecule has 0 saturated carbocycles. The molecule has 1 atom stereocenters. The molecule has 0 spiro atoms. The van der Waals surface area contributed by atoms with Crippen molar-refractivity contribution in [2.45, 2.75) is 24.4 Å². The number of para-hydroxylation sites is 1. The maximum absolute atomic E-state index is 13.0. The summed E-state index contributed by atoms with van der Waals surface area (Å²) in [4.78, 5) is 12.5. The number of hydrogen-bond acceptors (Lipinski definition) is 4. The third-order valence-corrected chi connectivity index (χ3v) is 6.20. The molecule has 1 amide bonds. The summed E-state index contributed by atoms with van der Waals surface area (Å²) in [6.45, 7) is 1.88. The van der Waals surface area contributed by atoms with Crippen LogP contribution < -0.4 is 14.8 Å². The maximum atomic E-state index is 13.0. The van der Waals surface area contributed by atoms with E-state index in [4.69, 9.17) is 4.74 Å². The van der Waals surface area contributed by atoms with Gasteiger partial charge in [-0.05, 0) is 54.4 Å². The maximum Gasteiger partial charge on any atom is 0.251 e. The van der Waals surface area contributed by atoms with Crippen molar-refractivity contribution < 1.29 is 22.3 Å². The van der Waals surface area contributed by atoms with Gasteiger partial charge in [0.05, 0.1) is 13.2 Å². The van der Waals surface area contributed by atoms with E-state index in [1.807, 2.05) is 6.92 Å². The molecule has 0 radical (unpaired) electrons. The van der Waals surface area contributed by atoms with Gasteiger partial charge in [-0.2, -0.15) is 0 Å². The summed E-state index contributed by atoms with van der Waals surface area (Å²) >= 11 is 0. The van der Waals surface area contributed by atoms with Crippen molar-refractivity contribution in [3.63, 3.8) is 0 Å². The lowest BCUT2D eigenvalue weighted by Gasteiger charge is -2.15. The molecule has 162 valence electrons. The number of sulfonamides is 1. The Morgan fingerprint density at radius 2 is 1.65 bits per heavy atom. The van der Waals surface area contributed by atoms with Crippen molar-refractivity contribution in [2.24, 2.45) is 0 Å². The van der Waals surface area contributed by atoms with Crippen LogP contribution in [0.2, 0.25) is 0 Å². The largest absolute Gasteiger partial charge is 0.495 e. The molecule has 8 heteroatoms. The number of rotatable bonds is 8. The Hall–Kier alpha value is -3.23. The molecule has 0 aliphatic carbocycles. The first-order chi connectivity index (χ1) is 14.8. The van der Waals surface area contributed by atoms with Gasteiger partial charge in [-0.1, -0.05) is 36.4 Å². The predicted molar refractivity (Wildman–Crippen MR) is 116 cm³/mol. The molecule has 0 aliphatic rings. The first-order valence-corrected chi connectivity index (χ1v) is 11.1. The zero-order valence-corrected chi connectivity index (χ0v) is 17.9. The molecular formula is C23H23FN2O4S. The molecule has 0 aromatic heterocycles. The Morgan fingerprint density at radius 3 is 2.29 bits per heavy atom. The number of halogens is 1. The van der Waals surface area contributed by atoms with E-state index in [-0.39, 0.29) is 35.0 Å². The van der Waals surface area contributed by atoms with Gasteiger partial charge in [0.1, 0.15) is 16.5 Å². The molecule has 3 aromatic rings. The topological polar surface area (TPSA) is 84.5 Å². The Balaban J connectivity index is 1.62. The van der Waals surface area contributed by atoms with E-state index in [0.29, 0.717) is 11.1 Å². The lowest BCUT2D eigenvalue weighted by molar-refractivity contribution is 0.0940. The molecule has 0 heterocycles. The minimum absolute atomic E-state index is 0.0586. The molecule has 0 aliphatic heterocycles. The second-order valence-electron chi connectivity index (χ2n) is 6.92. The highest BCUT2D eigenvalue weighted by atomic mass is 32.2. The molecule has 3 aromatic carbocycles. The van der Waals surface area contributed by atoms with Gasteiger partial charge in [-0.25, -0.2) is 17.5 Å². The highest BCUT2D eigenvalue weighted by Gasteiger charge is 2.18. The van der Waals surface area contributed by atoms with E-state index in [0.717, 1.165) is 5.56 Å². The van der Waals surface area contributed by atoms with E-state index < -0.39 is 10.0 Å². The number of amides is 1. The normalized spacial score (nSPS) is 12.2. The fourth-order valence-electron chi connectivity index (χ4n) is 2.99. The lowest BCUT2D eigenvalue weighted by atomic mass is 10.1. The summed E-state index contributed by atoms with van der Waals surface area (Å²) in [5.41, 5.74) is 1.92. The first-order valence-electron chi connectivity index (χ1n) is 9.58. The van der Waals surface area contributed by atoms with Crippen LogP contribution in [0.25, 0.3) is 0 Å². The minimum Gasteiger partial charge on any atom is -0.495 e. The number of ether oxygens (including phenoxy) is 1. The first kappa shape index (κ1) is 22.5. The zero-order chi connectivity index (χ0) is 22.4. The van der Waals surface area contributed by atoms with Crippen LogP contribution in [0.4, 0.5) is 4.39 Å². The molecule has 6 nitrogen and oxygen atoms in total. The van der Waals surface area contributed by atoms with Gasteiger partial charge in [0.25, 0.3) is 5.91 Å². The van der Waals surface area contributed by atoms with Crippen LogP contribution in [-0.2, 0) is 16.6 Å². The van der Waals surface area contributed by atoms with Crippen LogP contribution in [0, 0.1) is 5.82 Å². The van der Waals surface area contributed by atoms with Gasteiger partial charge in [0.2, 0.25) is 10.0 Å². The number of methoxy groups -OCH3 is 1. The fraction of sp³-hybridized carbons (Fsp3) is 0.174. The molecule has 31 heavy (non-hydrogen) atoms. The van der Waals surface area contributed by atoms with Crippen LogP contribution in [0.3, 0.4) is 0 Å². The predicted octanol–water partition coefficient (Wildman–Crippen LogP) is 3.80. The summed E-state index contributed by atoms with van der Waals surface area (Å²) < 4.78 is 45.8. The summed E-state index contributed by atoms with van der Waals surface area (Å²) in [6, 6.07) is 18.6. The van der Waals surface area contributed by atoms with Crippen molar-refractivity contribution >= 4 is 15.9 Å². The monoisotopic (exact) mass is 442 g/mol. The molecule has 0 fully saturated rings. The van der Waals surface area contributed by atoms with Gasteiger partial charge in [-0.15, -0.1) is 0 Å². The van der Waals surface area contributed by atoms with Crippen molar-refractivity contribution in [3.05, 3.63) is 95.3 Å². The molecular weight excluding hydrogens is 419 g/mol. The fourth-order valence-corrected chi connectivity index (χ4v) is 4.17. The SMILES string of the molecule is COc1ccccc1S(=O)(=O)NCc1ccc(C(=O)N[C@@H](C)c2ccc(F)cc2)cc1. The quantitative estimate of drug-likeness (QED) is 0.556. The number of hydrogen-bond donors (Lipinski definition) is 2. The summed E-state index contributed by atoms with van der Waals surface area (Å²) in [7, 11) is -2.35. The smallest absolute Gasteiger partial charge is 0.251 e. The second kappa shape index (κ2) is 9.72. The number of carbonyl (C=O) groups is 1. The summed E-state index contributed by atoms with van der Waals surface area (Å²) in [5.74, 6) is -0.352. The Kier molecular flexibility index (Phi) is 7.04. The number of benzene rings is 3. The highest BCUT2D eigenvalue weighted by molar-refractivity contribution is 7.89. The molecule has 0 unspecified atom stereocenters. The third-order valence-electron chi connectivity index (χ3n) is 4.76. The van der Waals surface area contributed by atoms with Crippen LogP contribution in [0.5, 0.6) is 5.75 Å². The van der Waals surface area contributed by atoms with Crippen molar-refractivity contribution in [2.75, 3.05) is 7.11 Å². The van der Waals surface area contributed by atoms with E-state index in [2.05, 4.69) is 10.0 Å². The van der Waals surface area contributed by atoms with E-state index in [1.54, 1.807) is 54.6 Å². The molecule has 2 N–H and O–H groups in total. The van der Waals surface area contributed by atoms with Gasteiger partial charge in [0, 0.05) is 12.1 Å². The van der Waals surface area contributed by atoms with E-state index >= 15 is 0 Å². The molecule has 0 saturated heterocycles. The van der Waals surface area contributed by atoms with Crippen LogP contribution in [-0.4, -0.2) is 21.4 Å². The number of carbonyl (C=O) groups excluding carboxylic acids is 1. The van der Waals surface area contributed by atoms with E-state index in [1.165, 1.54) is 25.3 Å². The van der Waals surface area contributed by atoms with Gasteiger partial charge >= 0.3 is 0 Å². The zero-order valence-electron chi connectivity index (χ0n) is 17.1. The average molecular weight is 443 g/mol. The Labute approximate surface area is 181 Å². The molecule has 3 rings (SSSR count). The second-order valence-corrected chi connectivity index (χ2v) is 8.65. The van der Waals surface area contributed by atoms with Crippen molar-refractivity contribution in [1.29, 1.82) is 0 Å². The standard InChI is InChI=1S/C23H23FN2O4S/c1-16(18-11-13-20(24)14-12-18)26-23(27)19-9-7-17(8-10-19)15-25-31(28,29)22-6-4-3-5-21(22)30-2/h3-14,16,25H,15H2,1-2H3,(H,26,27)/t16-/m0/s1. The Morgan fingerprint density at radius 1 is 1.00 bits per heavy atom. The minimum atomic E-state index is -3.76. The van der Waals surface area contributed by atoms with Gasteiger partial charge < -0.3 is 10.1 Å². The van der Waals surface area contributed by atoms with Crippen LogP contribution >= 0.6 is 0 Å². The average Bonchev–Trinajstić information content (AvgIpc) is 2.78. The van der Waals surface area contributed by atoms with Gasteiger partial charge in [0.15, 0.2) is 0 Å².